The maximum absolute atomic E-state index is 11.6. The third kappa shape index (κ3) is 1.37. The van der Waals surface area contributed by atoms with Crippen molar-refractivity contribution in [2.24, 2.45) is 0 Å². The molecule has 0 saturated carbocycles. The number of aromatic nitrogens is 2. The van der Waals surface area contributed by atoms with Crippen molar-refractivity contribution in [3.05, 3.63) is 53.1 Å². The molecule has 2 aromatic rings. The highest BCUT2D eigenvalue weighted by Crippen LogP contribution is 2.00. The van der Waals surface area contributed by atoms with Crippen LogP contribution in [0.2, 0.25) is 0 Å². The molecule has 4 heteroatoms. The van der Waals surface area contributed by atoms with E-state index in [0.717, 1.165) is 0 Å². The number of nitrogens with two attached hydrogens (primary N) is 1. The van der Waals surface area contributed by atoms with Crippen LogP contribution in [0.25, 0.3) is 5.82 Å². The highest BCUT2D eigenvalue weighted by atomic mass is 16.1. The maximum atomic E-state index is 11.6. The number of hydrogen-bond acceptors (Lipinski definition) is 3. The van der Waals surface area contributed by atoms with Crippen LogP contribution < -0.4 is 11.3 Å². The second-order valence-corrected chi connectivity index (χ2v) is 2.83. The Morgan fingerprint density at radius 2 is 2.07 bits per heavy atom. The smallest absolute Gasteiger partial charge is 0.279 e. The number of nitrogen functional groups attached to an aromatic ring is 1. The van der Waals surface area contributed by atoms with Gasteiger partial charge in [0.15, 0.2) is 0 Å². The fraction of sp³-hybridized carbons (Fsp3) is 0. The lowest BCUT2D eigenvalue weighted by molar-refractivity contribution is 0.945. The van der Waals surface area contributed by atoms with Crippen LogP contribution in [-0.4, -0.2) is 9.55 Å². The van der Waals surface area contributed by atoms with Crippen molar-refractivity contribution in [1.82, 2.24) is 9.55 Å². The van der Waals surface area contributed by atoms with E-state index in [-0.39, 0.29) is 11.2 Å². The van der Waals surface area contributed by atoms with Gasteiger partial charge in [0.05, 0.1) is 5.69 Å². The molecule has 4 nitrogen and oxygen atoms in total. The molecule has 2 rings (SSSR count). The Balaban J connectivity index is 2.64. The molecule has 0 fully saturated rings. The summed E-state index contributed by atoms with van der Waals surface area (Å²) in [6, 6.07) is 8.65. The molecule has 0 aliphatic rings. The number of rotatable bonds is 1. The first-order valence-corrected chi connectivity index (χ1v) is 4.17. The zero-order chi connectivity index (χ0) is 9.97. The molecule has 2 aromatic heterocycles. The van der Waals surface area contributed by atoms with E-state index in [1.807, 2.05) is 6.07 Å². The van der Waals surface area contributed by atoms with E-state index in [9.17, 15) is 4.79 Å². The highest BCUT2D eigenvalue weighted by Gasteiger charge is 2.01. The summed E-state index contributed by atoms with van der Waals surface area (Å²) in [6.07, 6.45) is 3.27. The lowest BCUT2D eigenvalue weighted by Crippen LogP contribution is -2.20. The van der Waals surface area contributed by atoms with E-state index >= 15 is 0 Å². The van der Waals surface area contributed by atoms with E-state index in [4.69, 9.17) is 5.73 Å². The van der Waals surface area contributed by atoms with Crippen LogP contribution in [-0.2, 0) is 0 Å². The van der Waals surface area contributed by atoms with Crippen molar-refractivity contribution in [2.45, 2.75) is 0 Å². The van der Waals surface area contributed by atoms with Gasteiger partial charge in [-0.25, -0.2) is 4.98 Å². The molecular weight excluding hydrogens is 178 g/mol. The summed E-state index contributed by atoms with van der Waals surface area (Å²) in [5.74, 6) is 0.574. The first-order valence-electron chi connectivity index (χ1n) is 4.17. The topological polar surface area (TPSA) is 60.9 Å². The van der Waals surface area contributed by atoms with Crippen molar-refractivity contribution >= 4 is 5.69 Å². The average Bonchev–Trinajstić information content (AvgIpc) is 2.23. The summed E-state index contributed by atoms with van der Waals surface area (Å²) in [5.41, 5.74) is 5.47. The van der Waals surface area contributed by atoms with Gasteiger partial charge >= 0.3 is 0 Å². The fourth-order valence-corrected chi connectivity index (χ4v) is 1.19. The zero-order valence-electron chi connectivity index (χ0n) is 7.42. The molecular formula is C10H9N3O. The Morgan fingerprint density at radius 3 is 2.79 bits per heavy atom. The van der Waals surface area contributed by atoms with Gasteiger partial charge in [-0.1, -0.05) is 6.07 Å². The van der Waals surface area contributed by atoms with E-state index in [0.29, 0.717) is 5.82 Å². The minimum absolute atomic E-state index is 0.221. The standard InChI is InChI=1S/C10H9N3O/c11-8-4-3-7-13(10(8)14)9-5-1-2-6-12-9/h1-7H,11H2. The van der Waals surface area contributed by atoms with Crippen LogP contribution in [0.5, 0.6) is 0 Å². The second-order valence-electron chi connectivity index (χ2n) is 2.83. The van der Waals surface area contributed by atoms with Crippen molar-refractivity contribution in [3.8, 4) is 5.82 Å². The molecule has 0 spiro atoms. The van der Waals surface area contributed by atoms with Crippen molar-refractivity contribution in [3.63, 3.8) is 0 Å². The predicted molar refractivity (Wildman–Crippen MR) is 54.2 cm³/mol. The number of anilines is 1. The SMILES string of the molecule is Nc1cccn(-c2ccccn2)c1=O. The molecule has 70 valence electrons. The van der Waals surface area contributed by atoms with Crippen LogP contribution in [0.4, 0.5) is 5.69 Å². The van der Waals surface area contributed by atoms with Crippen LogP contribution in [0.15, 0.2) is 47.5 Å². The molecule has 2 N–H and O–H groups in total. The average molecular weight is 187 g/mol. The van der Waals surface area contributed by atoms with Gasteiger partial charge < -0.3 is 5.73 Å². The summed E-state index contributed by atoms with van der Waals surface area (Å²) in [6.45, 7) is 0. The molecule has 2 heterocycles. The lowest BCUT2D eigenvalue weighted by atomic mass is 10.4. The van der Waals surface area contributed by atoms with Crippen molar-refractivity contribution in [1.29, 1.82) is 0 Å². The third-order valence-electron chi connectivity index (χ3n) is 1.87. The number of nitrogens with zero attached hydrogens (tertiary/aromatic N) is 2. The third-order valence-corrected chi connectivity index (χ3v) is 1.87. The van der Waals surface area contributed by atoms with Gasteiger partial charge in [-0.2, -0.15) is 0 Å². The first-order chi connectivity index (χ1) is 6.79. The molecule has 14 heavy (non-hydrogen) atoms. The van der Waals surface area contributed by atoms with Gasteiger partial charge in [0, 0.05) is 12.4 Å². The molecule has 0 bridgehead atoms. The first kappa shape index (κ1) is 8.50. The van der Waals surface area contributed by atoms with Gasteiger partial charge in [-0.05, 0) is 24.3 Å². The Labute approximate surface area is 80.6 Å². The molecule has 0 aromatic carbocycles. The Kier molecular flexibility index (Phi) is 2.02. The van der Waals surface area contributed by atoms with Crippen molar-refractivity contribution < 1.29 is 0 Å². The summed E-state index contributed by atoms with van der Waals surface area (Å²) in [4.78, 5) is 15.6. The van der Waals surface area contributed by atoms with Gasteiger partial charge in [0.25, 0.3) is 5.56 Å². The van der Waals surface area contributed by atoms with Gasteiger partial charge in [0.1, 0.15) is 5.82 Å². The minimum Gasteiger partial charge on any atom is -0.394 e. The van der Waals surface area contributed by atoms with Crippen LogP contribution in [0.3, 0.4) is 0 Å². The van der Waals surface area contributed by atoms with Gasteiger partial charge in [-0.15, -0.1) is 0 Å². The second kappa shape index (κ2) is 3.33. The van der Waals surface area contributed by atoms with Gasteiger partial charge in [0.2, 0.25) is 0 Å². The molecule has 0 aliphatic heterocycles. The predicted octanol–water partition coefficient (Wildman–Crippen LogP) is 0.815. The molecule has 0 radical (unpaired) electrons. The van der Waals surface area contributed by atoms with E-state index in [1.165, 1.54) is 4.57 Å². The molecule has 0 amide bonds. The Hall–Kier alpha value is -2.10. The van der Waals surface area contributed by atoms with Gasteiger partial charge in [-0.3, -0.25) is 9.36 Å². The summed E-state index contributed by atoms with van der Waals surface area (Å²) < 4.78 is 1.41. The normalized spacial score (nSPS) is 10.0. The Bertz CT molecular complexity index is 490. The lowest BCUT2D eigenvalue weighted by Gasteiger charge is -2.03. The number of pyridine rings is 2. The highest BCUT2D eigenvalue weighted by molar-refractivity contribution is 5.37. The quantitative estimate of drug-likeness (QED) is 0.718. The Morgan fingerprint density at radius 1 is 1.21 bits per heavy atom. The van der Waals surface area contributed by atoms with Crippen LogP contribution in [0.1, 0.15) is 0 Å². The number of hydrogen-bond donors (Lipinski definition) is 1. The van der Waals surface area contributed by atoms with E-state index in [2.05, 4.69) is 4.98 Å². The molecule has 0 unspecified atom stereocenters. The summed E-state index contributed by atoms with van der Waals surface area (Å²) in [7, 11) is 0. The monoisotopic (exact) mass is 187 g/mol. The molecule has 0 atom stereocenters. The molecule has 0 aliphatic carbocycles. The van der Waals surface area contributed by atoms with E-state index < -0.39 is 0 Å². The fourth-order valence-electron chi connectivity index (χ4n) is 1.19. The minimum atomic E-state index is -0.244. The maximum Gasteiger partial charge on any atom is 0.279 e. The largest absolute Gasteiger partial charge is 0.394 e. The zero-order valence-corrected chi connectivity index (χ0v) is 7.42. The summed E-state index contributed by atoms with van der Waals surface area (Å²) >= 11 is 0. The van der Waals surface area contributed by atoms with Crippen molar-refractivity contribution in [2.75, 3.05) is 5.73 Å². The molecule has 0 saturated heterocycles. The van der Waals surface area contributed by atoms with Crippen LogP contribution >= 0.6 is 0 Å². The van der Waals surface area contributed by atoms with E-state index in [1.54, 1.807) is 36.7 Å². The summed E-state index contributed by atoms with van der Waals surface area (Å²) in [5, 5.41) is 0. The van der Waals surface area contributed by atoms with Crippen LogP contribution in [0, 0.1) is 0 Å².